The Hall–Kier alpha value is -4.86. The first kappa shape index (κ1) is 22.3. The van der Waals surface area contributed by atoms with Gasteiger partial charge in [-0.2, -0.15) is 0 Å². The number of hydrogen-bond donors (Lipinski definition) is 3. The van der Waals surface area contributed by atoms with Gasteiger partial charge in [0.15, 0.2) is 5.78 Å². The maximum atomic E-state index is 14.2. The van der Waals surface area contributed by atoms with Gasteiger partial charge in [-0.25, -0.2) is 13.9 Å². The van der Waals surface area contributed by atoms with Crippen LogP contribution in [0.15, 0.2) is 79.1 Å². The summed E-state index contributed by atoms with van der Waals surface area (Å²) in [6.07, 6.45) is 1.29. The molecule has 0 radical (unpaired) electrons. The zero-order chi connectivity index (χ0) is 24.1. The predicted octanol–water partition coefficient (Wildman–Crippen LogP) is 4.37. The van der Waals surface area contributed by atoms with Crippen molar-refractivity contribution in [3.63, 3.8) is 0 Å². The fourth-order valence-electron chi connectivity index (χ4n) is 3.34. The Morgan fingerprint density at radius 1 is 0.941 bits per heavy atom. The average molecular weight is 459 g/mol. The average Bonchev–Trinajstić information content (AvgIpc) is 3.35. The molecular formula is C24H18FN5O4. The fourth-order valence-corrected chi connectivity index (χ4v) is 3.34. The van der Waals surface area contributed by atoms with Gasteiger partial charge in [0, 0.05) is 11.1 Å². The highest BCUT2D eigenvalue weighted by molar-refractivity contribution is 6.12. The number of hydrogen-bond acceptors (Lipinski definition) is 5. The lowest BCUT2D eigenvalue weighted by Crippen LogP contribution is -2.18. The summed E-state index contributed by atoms with van der Waals surface area (Å²) in [5.74, 6) is -1.58. The summed E-state index contributed by atoms with van der Waals surface area (Å²) in [4.78, 5) is 36.5. The van der Waals surface area contributed by atoms with E-state index in [2.05, 4.69) is 20.9 Å². The van der Waals surface area contributed by atoms with Crippen LogP contribution >= 0.6 is 0 Å². The molecule has 0 aliphatic carbocycles. The van der Waals surface area contributed by atoms with E-state index in [9.17, 15) is 18.8 Å². The van der Waals surface area contributed by atoms with Gasteiger partial charge in [0.2, 0.25) is 5.91 Å². The third-order valence-corrected chi connectivity index (χ3v) is 4.90. The second-order valence-electron chi connectivity index (χ2n) is 7.22. The highest BCUT2D eigenvalue weighted by atomic mass is 19.1. The minimum Gasteiger partial charge on any atom is -0.465 e. The molecule has 0 aliphatic rings. The molecule has 0 fully saturated rings. The summed E-state index contributed by atoms with van der Waals surface area (Å²) in [6.45, 7) is 0. The fraction of sp³-hybridized carbons (Fsp3) is 0.0417. The van der Waals surface area contributed by atoms with E-state index >= 15 is 0 Å². The quantitative estimate of drug-likeness (QED) is 0.278. The van der Waals surface area contributed by atoms with Gasteiger partial charge in [0.1, 0.15) is 5.82 Å². The normalized spacial score (nSPS) is 10.5. The third-order valence-electron chi connectivity index (χ3n) is 4.90. The van der Waals surface area contributed by atoms with Crippen LogP contribution in [0.25, 0.3) is 16.8 Å². The van der Waals surface area contributed by atoms with Crippen molar-refractivity contribution in [3.8, 4) is 16.8 Å². The van der Waals surface area contributed by atoms with Gasteiger partial charge < -0.3 is 10.4 Å². The minimum absolute atomic E-state index is 0.0848. The van der Waals surface area contributed by atoms with Crippen molar-refractivity contribution in [2.75, 3.05) is 10.6 Å². The molecule has 4 rings (SSSR count). The van der Waals surface area contributed by atoms with Crippen LogP contribution in [-0.4, -0.2) is 37.9 Å². The molecule has 4 aromatic rings. The number of Topliss-reactive ketones (excluding diaryl/α,β-unsaturated/α-hetero) is 1. The van der Waals surface area contributed by atoms with Crippen LogP contribution in [0, 0.1) is 5.82 Å². The third kappa shape index (κ3) is 5.13. The molecule has 0 saturated carbocycles. The smallest absolute Gasteiger partial charge is 0.409 e. The Labute approximate surface area is 192 Å². The molecule has 0 spiro atoms. The molecular weight excluding hydrogens is 441 g/mol. The number of benzene rings is 3. The van der Waals surface area contributed by atoms with Crippen molar-refractivity contribution in [1.82, 2.24) is 15.0 Å². The number of nitrogens with zero attached hydrogens (tertiary/aromatic N) is 3. The van der Waals surface area contributed by atoms with Gasteiger partial charge in [-0.1, -0.05) is 41.6 Å². The van der Waals surface area contributed by atoms with Gasteiger partial charge in [-0.15, -0.1) is 5.10 Å². The lowest BCUT2D eigenvalue weighted by atomic mass is 10.0. The molecule has 34 heavy (non-hydrogen) atoms. The number of aromatic nitrogens is 3. The molecule has 3 aromatic carbocycles. The van der Waals surface area contributed by atoms with E-state index < -0.39 is 30.0 Å². The van der Waals surface area contributed by atoms with Crippen molar-refractivity contribution in [3.05, 3.63) is 90.5 Å². The zero-order valence-corrected chi connectivity index (χ0v) is 17.6. The first-order valence-corrected chi connectivity index (χ1v) is 10.1. The summed E-state index contributed by atoms with van der Waals surface area (Å²) in [6, 6.07) is 17.0. The predicted molar refractivity (Wildman–Crippen MR) is 122 cm³/mol. The number of ketones is 1. The summed E-state index contributed by atoms with van der Waals surface area (Å²) in [7, 11) is 0. The molecule has 170 valence electrons. The van der Waals surface area contributed by atoms with Gasteiger partial charge in [0.05, 0.1) is 35.9 Å². The lowest BCUT2D eigenvalue weighted by molar-refractivity contribution is -0.115. The van der Waals surface area contributed by atoms with Gasteiger partial charge in [0.25, 0.3) is 0 Å². The largest absolute Gasteiger partial charge is 0.465 e. The number of amides is 2. The van der Waals surface area contributed by atoms with E-state index in [1.54, 1.807) is 48.7 Å². The molecule has 0 aliphatic heterocycles. The van der Waals surface area contributed by atoms with Gasteiger partial charge >= 0.3 is 6.09 Å². The number of nitrogens with one attached hydrogen (secondary N) is 2. The number of carbonyl (C=O) groups excluding carboxylic acids is 2. The molecule has 0 bridgehead atoms. The van der Waals surface area contributed by atoms with Crippen molar-refractivity contribution in [2.24, 2.45) is 0 Å². The van der Waals surface area contributed by atoms with E-state index in [1.807, 2.05) is 0 Å². The summed E-state index contributed by atoms with van der Waals surface area (Å²) in [5.41, 5.74) is 1.79. The van der Waals surface area contributed by atoms with Crippen molar-refractivity contribution < 1.29 is 23.9 Å². The zero-order valence-electron chi connectivity index (χ0n) is 17.6. The maximum Gasteiger partial charge on any atom is 0.409 e. The SMILES string of the molecule is O=C(O)Nc1ccc(-c2ccccc2F)cc1NC(=O)CC(=O)c1cccc(-n2ccnn2)c1. The number of carbonyl (C=O) groups is 3. The summed E-state index contributed by atoms with van der Waals surface area (Å²) < 4.78 is 15.7. The first-order chi connectivity index (χ1) is 16.4. The monoisotopic (exact) mass is 459 g/mol. The van der Waals surface area contributed by atoms with E-state index in [0.29, 0.717) is 16.8 Å². The second kappa shape index (κ2) is 9.74. The van der Waals surface area contributed by atoms with E-state index in [0.717, 1.165) is 0 Å². The van der Waals surface area contributed by atoms with Crippen LogP contribution in [-0.2, 0) is 4.79 Å². The molecule has 1 heterocycles. The number of halogens is 1. The molecule has 0 unspecified atom stereocenters. The Morgan fingerprint density at radius 3 is 2.50 bits per heavy atom. The van der Waals surface area contributed by atoms with Crippen LogP contribution in [0.4, 0.5) is 20.6 Å². The van der Waals surface area contributed by atoms with Crippen molar-refractivity contribution in [2.45, 2.75) is 6.42 Å². The van der Waals surface area contributed by atoms with Crippen LogP contribution < -0.4 is 10.6 Å². The summed E-state index contributed by atoms with van der Waals surface area (Å²) in [5, 5.41) is 21.4. The Morgan fingerprint density at radius 2 is 1.76 bits per heavy atom. The maximum absolute atomic E-state index is 14.2. The van der Waals surface area contributed by atoms with Crippen LogP contribution in [0.2, 0.25) is 0 Å². The van der Waals surface area contributed by atoms with Crippen LogP contribution in [0.5, 0.6) is 0 Å². The second-order valence-corrected chi connectivity index (χ2v) is 7.22. The van der Waals surface area contributed by atoms with E-state index in [1.165, 1.54) is 35.1 Å². The molecule has 9 nitrogen and oxygen atoms in total. The van der Waals surface area contributed by atoms with Crippen molar-refractivity contribution >= 4 is 29.2 Å². The highest BCUT2D eigenvalue weighted by Gasteiger charge is 2.16. The molecule has 0 saturated heterocycles. The number of rotatable bonds is 7. The Bertz CT molecular complexity index is 1370. The van der Waals surface area contributed by atoms with E-state index in [-0.39, 0.29) is 16.9 Å². The highest BCUT2D eigenvalue weighted by Crippen LogP contribution is 2.31. The first-order valence-electron chi connectivity index (χ1n) is 10.1. The molecule has 0 atom stereocenters. The Kier molecular flexibility index (Phi) is 6.40. The van der Waals surface area contributed by atoms with Gasteiger partial charge in [-0.3, -0.25) is 14.9 Å². The standard InChI is InChI=1S/C24H18FN5O4/c25-19-7-2-1-6-18(19)15-8-9-20(28-24(33)34)21(13-15)27-23(32)14-22(31)16-4-3-5-17(12-16)30-11-10-26-29-30/h1-13,28H,14H2,(H,27,32)(H,33,34). The molecule has 1 aromatic heterocycles. The Balaban J connectivity index is 1.55. The van der Waals surface area contributed by atoms with E-state index in [4.69, 9.17) is 5.11 Å². The number of carboxylic acid groups (broad SMARTS) is 1. The molecule has 10 heteroatoms. The lowest BCUT2D eigenvalue weighted by Gasteiger charge is -2.13. The molecule has 2 amide bonds. The topological polar surface area (TPSA) is 126 Å². The summed E-state index contributed by atoms with van der Waals surface area (Å²) >= 11 is 0. The van der Waals surface area contributed by atoms with Crippen molar-refractivity contribution in [1.29, 1.82) is 0 Å². The number of anilines is 2. The minimum atomic E-state index is -1.34. The van der Waals surface area contributed by atoms with Crippen LogP contribution in [0.1, 0.15) is 16.8 Å². The molecule has 3 N–H and O–H groups in total. The van der Waals surface area contributed by atoms with Crippen LogP contribution in [0.3, 0.4) is 0 Å². The van der Waals surface area contributed by atoms with Gasteiger partial charge in [-0.05, 0) is 35.9 Å².